The van der Waals surface area contributed by atoms with Gasteiger partial charge in [0.1, 0.15) is 0 Å². The van der Waals surface area contributed by atoms with Crippen molar-refractivity contribution in [3.05, 3.63) is 47.3 Å². The van der Waals surface area contributed by atoms with Crippen molar-refractivity contribution in [2.24, 2.45) is 0 Å². The molecule has 2 aromatic rings. The molecule has 0 bridgehead atoms. The minimum Gasteiger partial charge on any atom is -0.377 e. The summed E-state index contributed by atoms with van der Waals surface area (Å²) in [6.07, 6.45) is 2.68. The third kappa shape index (κ3) is 5.20. The van der Waals surface area contributed by atoms with Gasteiger partial charge in [0.2, 0.25) is 0 Å². The molecule has 1 atom stereocenters. The Balaban J connectivity index is 1.12. The van der Waals surface area contributed by atoms with E-state index in [1.807, 2.05) is 17.0 Å². The predicted octanol–water partition coefficient (Wildman–Crippen LogP) is 2.16. The first-order valence-electron chi connectivity index (χ1n) is 12.1. The van der Waals surface area contributed by atoms with Gasteiger partial charge in [0.05, 0.1) is 11.7 Å². The summed E-state index contributed by atoms with van der Waals surface area (Å²) in [5.41, 5.74) is -0.461. The smallest absolute Gasteiger partial charge is 0.257 e. The number of halogens is 3. The molecule has 11 heteroatoms. The quantitative estimate of drug-likeness (QED) is 0.596. The zero-order valence-electron chi connectivity index (χ0n) is 19.5. The standard InChI is InChI=1S/C24H29F3N6O2/c25-19-4-3-18(22(26)23(19)27)24(34)33-13-11-32(12-14-33)21-6-5-20(28-29-21)31-9-7-30(8-10-31)16-17-2-1-15-35-17/h3-6,17H,1-2,7-16H2. The fraction of sp³-hybridized carbons (Fsp3) is 0.542. The lowest BCUT2D eigenvalue weighted by atomic mass is 10.1. The van der Waals surface area contributed by atoms with Crippen LogP contribution < -0.4 is 9.80 Å². The van der Waals surface area contributed by atoms with Gasteiger partial charge < -0.3 is 19.4 Å². The Morgan fingerprint density at radius 3 is 2.06 bits per heavy atom. The van der Waals surface area contributed by atoms with Gasteiger partial charge >= 0.3 is 0 Å². The molecule has 1 aromatic heterocycles. The molecule has 0 radical (unpaired) electrons. The topological polar surface area (TPSA) is 65.0 Å². The van der Waals surface area contributed by atoms with Crippen molar-refractivity contribution >= 4 is 17.5 Å². The molecule has 0 aliphatic carbocycles. The van der Waals surface area contributed by atoms with E-state index in [0.717, 1.165) is 70.1 Å². The van der Waals surface area contributed by atoms with Crippen LogP contribution in [-0.2, 0) is 4.74 Å². The second kappa shape index (κ2) is 10.4. The molecule has 0 N–H and O–H groups in total. The lowest BCUT2D eigenvalue weighted by Crippen LogP contribution is -2.49. The van der Waals surface area contributed by atoms with Crippen molar-refractivity contribution in [1.29, 1.82) is 0 Å². The highest BCUT2D eigenvalue weighted by atomic mass is 19.2. The molecule has 1 aromatic carbocycles. The summed E-state index contributed by atoms with van der Waals surface area (Å²) < 4.78 is 46.4. The maximum Gasteiger partial charge on any atom is 0.257 e. The number of anilines is 2. The van der Waals surface area contributed by atoms with Gasteiger partial charge in [0.15, 0.2) is 29.1 Å². The number of benzene rings is 1. The van der Waals surface area contributed by atoms with Crippen LogP contribution in [0.2, 0.25) is 0 Å². The summed E-state index contributed by atoms with van der Waals surface area (Å²) in [5, 5.41) is 8.81. The SMILES string of the molecule is O=C(c1ccc(F)c(F)c1F)N1CCN(c2ccc(N3CCN(CC4CCCO4)CC3)nn2)CC1. The molecule has 4 heterocycles. The number of carbonyl (C=O) groups excluding carboxylic acids is 1. The maximum atomic E-state index is 14.0. The van der Waals surface area contributed by atoms with Gasteiger partial charge in [-0.3, -0.25) is 9.69 Å². The average Bonchev–Trinajstić information content (AvgIpc) is 3.41. The number of piperazine rings is 2. The molecule has 188 valence electrons. The Hall–Kier alpha value is -2.92. The van der Waals surface area contributed by atoms with E-state index in [-0.39, 0.29) is 0 Å². The van der Waals surface area contributed by atoms with Crippen molar-refractivity contribution in [3.8, 4) is 0 Å². The normalized spacial score (nSPS) is 21.6. The second-order valence-electron chi connectivity index (χ2n) is 9.17. The molecule has 0 spiro atoms. The van der Waals surface area contributed by atoms with Gasteiger partial charge in [-0.2, -0.15) is 0 Å². The van der Waals surface area contributed by atoms with E-state index in [0.29, 0.717) is 38.1 Å². The second-order valence-corrected chi connectivity index (χ2v) is 9.17. The first-order chi connectivity index (χ1) is 17.0. The van der Waals surface area contributed by atoms with Crippen LogP contribution >= 0.6 is 0 Å². The average molecular weight is 491 g/mol. The Morgan fingerprint density at radius 2 is 1.49 bits per heavy atom. The van der Waals surface area contributed by atoms with Crippen LogP contribution in [0, 0.1) is 17.5 Å². The van der Waals surface area contributed by atoms with Crippen LogP contribution in [0.15, 0.2) is 24.3 Å². The summed E-state index contributed by atoms with van der Waals surface area (Å²) >= 11 is 0. The van der Waals surface area contributed by atoms with E-state index in [9.17, 15) is 18.0 Å². The summed E-state index contributed by atoms with van der Waals surface area (Å²) in [6, 6.07) is 5.64. The molecule has 3 aliphatic heterocycles. The molecule has 0 saturated carbocycles. The van der Waals surface area contributed by atoms with E-state index in [1.165, 1.54) is 4.90 Å². The summed E-state index contributed by atoms with van der Waals surface area (Å²) in [5.74, 6) is -3.50. The van der Waals surface area contributed by atoms with E-state index in [1.54, 1.807) is 0 Å². The van der Waals surface area contributed by atoms with Crippen molar-refractivity contribution in [1.82, 2.24) is 20.0 Å². The van der Waals surface area contributed by atoms with Crippen molar-refractivity contribution < 1.29 is 22.7 Å². The predicted molar refractivity (Wildman–Crippen MR) is 124 cm³/mol. The minimum absolute atomic E-state index is 0.313. The molecular weight excluding hydrogens is 461 g/mol. The monoisotopic (exact) mass is 490 g/mol. The zero-order chi connectivity index (χ0) is 24.4. The molecule has 3 aliphatic rings. The van der Waals surface area contributed by atoms with E-state index >= 15 is 0 Å². The minimum atomic E-state index is -1.63. The lowest BCUT2D eigenvalue weighted by Gasteiger charge is -2.37. The molecule has 3 saturated heterocycles. The number of hydrogen-bond donors (Lipinski definition) is 0. The fourth-order valence-electron chi connectivity index (χ4n) is 4.89. The van der Waals surface area contributed by atoms with Crippen LogP contribution in [0.1, 0.15) is 23.2 Å². The number of amides is 1. The Labute approximate surface area is 202 Å². The molecule has 1 amide bonds. The first-order valence-corrected chi connectivity index (χ1v) is 12.1. The summed E-state index contributed by atoms with van der Waals surface area (Å²) in [4.78, 5) is 20.7. The maximum absolute atomic E-state index is 14.0. The lowest BCUT2D eigenvalue weighted by molar-refractivity contribution is 0.0712. The highest BCUT2D eigenvalue weighted by Crippen LogP contribution is 2.21. The summed E-state index contributed by atoms with van der Waals surface area (Å²) in [6.45, 7) is 7.18. The molecular formula is C24H29F3N6O2. The number of aromatic nitrogens is 2. The van der Waals surface area contributed by atoms with Gasteiger partial charge in [0.25, 0.3) is 5.91 Å². The molecule has 8 nitrogen and oxygen atoms in total. The number of nitrogens with zero attached hydrogens (tertiary/aromatic N) is 6. The van der Waals surface area contributed by atoms with Crippen LogP contribution in [-0.4, -0.2) is 97.5 Å². The molecule has 35 heavy (non-hydrogen) atoms. The number of ether oxygens (including phenoxy) is 1. The van der Waals surface area contributed by atoms with Crippen molar-refractivity contribution in [3.63, 3.8) is 0 Å². The molecule has 3 fully saturated rings. The number of hydrogen-bond acceptors (Lipinski definition) is 7. The van der Waals surface area contributed by atoms with Crippen LogP contribution in [0.3, 0.4) is 0 Å². The van der Waals surface area contributed by atoms with Gasteiger partial charge in [-0.1, -0.05) is 0 Å². The molecule has 1 unspecified atom stereocenters. The summed E-state index contributed by atoms with van der Waals surface area (Å²) in [7, 11) is 0. The highest BCUT2D eigenvalue weighted by molar-refractivity contribution is 5.94. The van der Waals surface area contributed by atoms with E-state index in [2.05, 4.69) is 20.0 Å². The van der Waals surface area contributed by atoms with Gasteiger partial charge in [0, 0.05) is 65.5 Å². The van der Waals surface area contributed by atoms with Gasteiger partial charge in [-0.05, 0) is 37.1 Å². The first kappa shape index (κ1) is 23.8. The molecule has 5 rings (SSSR count). The third-order valence-electron chi connectivity index (χ3n) is 6.97. The van der Waals surface area contributed by atoms with Crippen molar-refractivity contribution in [2.75, 3.05) is 75.3 Å². The van der Waals surface area contributed by atoms with E-state index < -0.39 is 28.9 Å². The zero-order valence-corrected chi connectivity index (χ0v) is 19.5. The third-order valence-corrected chi connectivity index (χ3v) is 6.97. The largest absolute Gasteiger partial charge is 0.377 e. The Kier molecular flexibility index (Phi) is 7.05. The van der Waals surface area contributed by atoms with Crippen LogP contribution in [0.5, 0.6) is 0 Å². The number of rotatable bonds is 5. The van der Waals surface area contributed by atoms with Gasteiger partial charge in [-0.25, -0.2) is 13.2 Å². The highest BCUT2D eigenvalue weighted by Gasteiger charge is 2.28. The van der Waals surface area contributed by atoms with Gasteiger partial charge in [-0.15, -0.1) is 10.2 Å². The Morgan fingerprint density at radius 1 is 0.857 bits per heavy atom. The number of carbonyl (C=O) groups is 1. The van der Waals surface area contributed by atoms with Crippen molar-refractivity contribution in [2.45, 2.75) is 18.9 Å². The van der Waals surface area contributed by atoms with Crippen LogP contribution in [0.4, 0.5) is 24.8 Å². The Bertz CT molecular complexity index is 1030. The fourth-order valence-corrected chi connectivity index (χ4v) is 4.89. The van der Waals surface area contributed by atoms with Crippen LogP contribution in [0.25, 0.3) is 0 Å². The van der Waals surface area contributed by atoms with E-state index in [4.69, 9.17) is 4.74 Å².